The molecular formula is C21H27FN4O5S2. The van der Waals surface area contributed by atoms with Crippen LogP contribution in [0.15, 0.2) is 23.2 Å². The minimum atomic E-state index is -0.363. The molecule has 0 saturated carbocycles. The third-order valence-electron chi connectivity index (χ3n) is 4.99. The van der Waals surface area contributed by atoms with Gasteiger partial charge in [-0.05, 0) is 25.1 Å². The van der Waals surface area contributed by atoms with Gasteiger partial charge in [0.2, 0.25) is 5.91 Å². The molecule has 1 aromatic carbocycles. The molecule has 0 radical (unpaired) electrons. The van der Waals surface area contributed by atoms with Gasteiger partial charge in [-0.25, -0.2) is 9.18 Å². The molecule has 0 bridgehead atoms. The Bertz CT molecular complexity index is 1060. The molecule has 180 valence electrons. The number of fused-ring (bicyclic) bond motifs is 1. The van der Waals surface area contributed by atoms with Gasteiger partial charge in [-0.15, -0.1) is 11.8 Å². The highest BCUT2D eigenvalue weighted by atomic mass is 32.2. The number of carbonyl (C=O) groups is 3. The van der Waals surface area contributed by atoms with Crippen molar-refractivity contribution < 1.29 is 28.2 Å². The van der Waals surface area contributed by atoms with Crippen LogP contribution in [0.2, 0.25) is 0 Å². The molecule has 1 aromatic heterocycles. The number of hydrogen-bond acceptors (Lipinski definition) is 7. The van der Waals surface area contributed by atoms with E-state index in [2.05, 4.69) is 4.99 Å². The highest BCUT2D eigenvalue weighted by Crippen LogP contribution is 2.19. The van der Waals surface area contributed by atoms with E-state index in [0.717, 1.165) is 5.52 Å². The van der Waals surface area contributed by atoms with Crippen LogP contribution >= 0.6 is 23.1 Å². The summed E-state index contributed by atoms with van der Waals surface area (Å²) in [6.07, 6.45) is -0.363. The fourth-order valence-corrected chi connectivity index (χ4v) is 5.14. The monoisotopic (exact) mass is 498 g/mol. The van der Waals surface area contributed by atoms with E-state index in [9.17, 15) is 18.8 Å². The summed E-state index contributed by atoms with van der Waals surface area (Å²) >= 11 is 2.44. The summed E-state index contributed by atoms with van der Waals surface area (Å²) in [5.41, 5.74) is 0.787. The van der Waals surface area contributed by atoms with Crippen molar-refractivity contribution in [3.05, 3.63) is 28.8 Å². The van der Waals surface area contributed by atoms with Crippen LogP contribution in [0.4, 0.5) is 9.18 Å². The van der Waals surface area contributed by atoms with E-state index in [-0.39, 0.29) is 35.2 Å². The molecule has 0 N–H and O–H groups in total. The predicted octanol–water partition coefficient (Wildman–Crippen LogP) is 1.95. The number of hydrogen-bond donors (Lipinski definition) is 0. The van der Waals surface area contributed by atoms with Gasteiger partial charge < -0.3 is 23.8 Å². The number of amides is 3. The standard InChI is InChI=1S/C21H27FN4O5S2/c1-3-31-21(29)25-8-6-24(7-9-25)19(28)14-32-13-18(27)23-20-26(10-11-30-2)16-5-4-15(22)12-17(16)33-20/h4-5,12H,3,6-11,13-14H2,1-2H3. The number of benzene rings is 1. The third-order valence-corrected chi connectivity index (χ3v) is 6.94. The molecule has 12 heteroatoms. The second kappa shape index (κ2) is 12.1. The molecule has 0 spiro atoms. The molecule has 3 amide bonds. The number of carbonyl (C=O) groups excluding carboxylic acids is 3. The molecule has 0 atom stereocenters. The van der Waals surface area contributed by atoms with Crippen LogP contribution in [-0.2, 0) is 25.6 Å². The third kappa shape index (κ3) is 6.78. The molecule has 2 heterocycles. The van der Waals surface area contributed by atoms with Gasteiger partial charge in [-0.3, -0.25) is 9.59 Å². The van der Waals surface area contributed by atoms with E-state index in [4.69, 9.17) is 9.47 Å². The number of ether oxygens (including phenoxy) is 2. The molecular weight excluding hydrogens is 471 g/mol. The van der Waals surface area contributed by atoms with Crippen LogP contribution in [-0.4, -0.2) is 90.3 Å². The smallest absolute Gasteiger partial charge is 0.409 e. The van der Waals surface area contributed by atoms with E-state index in [1.807, 2.05) is 4.57 Å². The first-order valence-electron chi connectivity index (χ1n) is 10.6. The SMILES string of the molecule is CCOC(=O)N1CCN(C(=O)CSCC(=O)N=c2sc3cc(F)ccc3n2CCOC)CC1. The average Bonchev–Trinajstić information content (AvgIpc) is 3.13. The maximum atomic E-state index is 13.6. The van der Waals surface area contributed by atoms with E-state index >= 15 is 0 Å². The lowest BCUT2D eigenvalue weighted by Crippen LogP contribution is -2.51. The summed E-state index contributed by atoms with van der Waals surface area (Å²) in [5.74, 6) is -0.580. The first kappa shape index (κ1) is 25.2. The van der Waals surface area contributed by atoms with E-state index in [1.165, 1.54) is 35.2 Å². The van der Waals surface area contributed by atoms with Gasteiger partial charge in [-0.1, -0.05) is 11.3 Å². The zero-order valence-corrected chi connectivity index (χ0v) is 20.3. The second-order valence-corrected chi connectivity index (χ2v) is 9.20. The largest absolute Gasteiger partial charge is 0.450 e. The van der Waals surface area contributed by atoms with Gasteiger partial charge in [0.1, 0.15) is 5.82 Å². The van der Waals surface area contributed by atoms with Crippen LogP contribution in [0.3, 0.4) is 0 Å². The molecule has 3 rings (SSSR count). The lowest BCUT2D eigenvalue weighted by atomic mass is 10.3. The normalized spacial score (nSPS) is 14.7. The van der Waals surface area contributed by atoms with Crippen LogP contribution in [0.5, 0.6) is 0 Å². The van der Waals surface area contributed by atoms with Crippen LogP contribution < -0.4 is 4.80 Å². The van der Waals surface area contributed by atoms with Crippen LogP contribution in [0.1, 0.15) is 6.92 Å². The lowest BCUT2D eigenvalue weighted by molar-refractivity contribution is -0.129. The van der Waals surface area contributed by atoms with Crippen LogP contribution in [0, 0.1) is 5.82 Å². The fourth-order valence-electron chi connectivity index (χ4n) is 3.34. The highest BCUT2D eigenvalue weighted by Gasteiger charge is 2.24. The summed E-state index contributed by atoms with van der Waals surface area (Å²) in [7, 11) is 1.58. The Balaban J connectivity index is 1.54. The van der Waals surface area contributed by atoms with Gasteiger partial charge in [0, 0.05) is 39.8 Å². The fraction of sp³-hybridized carbons (Fsp3) is 0.524. The summed E-state index contributed by atoms with van der Waals surface area (Å²) in [5, 5.41) is 0. The maximum Gasteiger partial charge on any atom is 0.409 e. The average molecular weight is 499 g/mol. The quantitative estimate of drug-likeness (QED) is 0.552. The predicted molar refractivity (Wildman–Crippen MR) is 125 cm³/mol. The van der Waals surface area contributed by atoms with E-state index in [0.29, 0.717) is 55.4 Å². The molecule has 1 aliphatic rings. The number of piperazine rings is 1. The summed E-state index contributed by atoms with van der Waals surface area (Å²) in [6, 6.07) is 4.45. The van der Waals surface area contributed by atoms with Crippen molar-refractivity contribution in [2.24, 2.45) is 4.99 Å². The molecule has 33 heavy (non-hydrogen) atoms. The summed E-state index contributed by atoms with van der Waals surface area (Å²) < 4.78 is 26.2. The van der Waals surface area contributed by atoms with Crippen molar-refractivity contribution in [3.63, 3.8) is 0 Å². The Morgan fingerprint density at radius 1 is 1.15 bits per heavy atom. The topological polar surface area (TPSA) is 93.4 Å². The van der Waals surface area contributed by atoms with Gasteiger partial charge in [0.15, 0.2) is 4.80 Å². The van der Waals surface area contributed by atoms with Crippen molar-refractivity contribution in [2.75, 3.05) is 58.0 Å². The Morgan fingerprint density at radius 3 is 2.58 bits per heavy atom. The molecule has 0 aliphatic carbocycles. The minimum Gasteiger partial charge on any atom is -0.450 e. The molecule has 9 nitrogen and oxygen atoms in total. The van der Waals surface area contributed by atoms with Gasteiger partial charge in [0.05, 0.1) is 34.9 Å². The molecule has 0 unspecified atom stereocenters. The van der Waals surface area contributed by atoms with Crippen molar-refractivity contribution in [1.82, 2.24) is 14.4 Å². The van der Waals surface area contributed by atoms with Crippen molar-refractivity contribution >= 4 is 51.2 Å². The number of rotatable bonds is 8. The summed E-state index contributed by atoms with van der Waals surface area (Å²) in [6.45, 7) is 4.72. The molecule has 1 aliphatic heterocycles. The zero-order valence-electron chi connectivity index (χ0n) is 18.6. The van der Waals surface area contributed by atoms with Crippen molar-refractivity contribution in [3.8, 4) is 0 Å². The number of thioether (sulfide) groups is 1. The number of thiazole rings is 1. The first-order valence-corrected chi connectivity index (χ1v) is 12.5. The Kier molecular flexibility index (Phi) is 9.27. The van der Waals surface area contributed by atoms with Crippen molar-refractivity contribution in [1.29, 1.82) is 0 Å². The number of methoxy groups -OCH3 is 1. The van der Waals surface area contributed by atoms with Gasteiger partial charge >= 0.3 is 6.09 Å². The molecule has 1 saturated heterocycles. The van der Waals surface area contributed by atoms with E-state index < -0.39 is 0 Å². The van der Waals surface area contributed by atoms with E-state index in [1.54, 1.807) is 29.9 Å². The zero-order chi connectivity index (χ0) is 23.8. The summed E-state index contributed by atoms with van der Waals surface area (Å²) in [4.78, 5) is 44.6. The number of halogens is 1. The Hall–Kier alpha value is -2.44. The molecule has 2 aromatic rings. The van der Waals surface area contributed by atoms with Crippen LogP contribution in [0.25, 0.3) is 10.2 Å². The number of nitrogens with zero attached hydrogens (tertiary/aromatic N) is 4. The lowest BCUT2D eigenvalue weighted by Gasteiger charge is -2.34. The van der Waals surface area contributed by atoms with Gasteiger partial charge in [-0.2, -0.15) is 4.99 Å². The first-order chi connectivity index (χ1) is 15.9. The maximum absolute atomic E-state index is 13.6. The van der Waals surface area contributed by atoms with Gasteiger partial charge in [0.25, 0.3) is 5.91 Å². The Morgan fingerprint density at radius 2 is 1.88 bits per heavy atom. The number of aromatic nitrogens is 1. The minimum absolute atomic E-state index is 0.0570. The highest BCUT2D eigenvalue weighted by molar-refractivity contribution is 8.00. The van der Waals surface area contributed by atoms with Crippen molar-refractivity contribution in [2.45, 2.75) is 13.5 Å². The molecule has 1 fully saturated rings. The second-order valence-electron chi connectivity index (χ2n) is 7.21. The Labute approximate surface area is 199 Å².